The first-order valence-corrected chi connectivity index (χ1v) is 7.23. The molecule has 100 valence electrons. The van der Waals surface area contributed by atoms with Gasteiger partial charge < -0.3 is 10.1 Å². The normalized spacial score (nSPS) is 23.3. The van der Waals surface area contributed by atoms with Gasteiger partial charge in [-0.3, -0.25) is 0 Å². The molecule has 0 bridgehead atoms. The largest absolute Gasteiger partial charge is 0.490 e. The summed E-state index contributed by atoms with van der Waals surface area (Å²) in [5.74, 6) is 0.943. The van der Waals surface area contributed by atoms with Crippen molar-refractivity contribution in [2.45, 2.75) is 51.7 Å². The average molecular weight is 268 g/mol. The molecule has 1 aromatic carbocycles. The van der Waals surface area contributed by atoms with Crippen molar-refractivity contribution in [2.75, 3.05) is 6.54 Å². The predicted octanol–water partition coefficient (Wildman–Crippen LogP) is 3.95. The number of nitrogens with one attached hydrogen (secondary N) is 1. The summed E-state index contributed by atoms with van der Waals surface area (Å²) in [5, 5.41) is 4.37. The fourth-order valence-corrected chi connectivity index (χ4v) is 2.58. The van der Waals surface area contributed by atoms with Gasteiger partial charge in [-0.1, -0.05) is 18.5 Å². The van der Waals surface area contributed by atoms with E-state index in [1.807, 2.05) is 25.1 Å². The fraction of sp³-hybridized carbons (Fsp3) is 0.600. The summed E-state index contributed by atoms with van der Waals surface area (Å²) in [6, 6.07) is 6.52. The molecule has 1 saturated carbocycles. The second kappa shape index (κ2) is 6.44. The van der Waals surface area contributed by atoms with E-state index in [1.165, 1.54) is 12.8 Å². The molecule has 0 saturated heterocycles. The third-order valence-electron chi connectivity index (χ3n) is 3.50. The molecular formula is C15H22ClNO. The summed E-state index contributed by atoms with van der Waals surface area (Å²) in [6.07, 6.45) is 5.01. The highest BCUT2D eigenvalue weighted by Gasteiger charge is 2.25. The maximum atomic E-state index is 6.02. The molecule has 1 aliphatic carbocycles. The Hall–Kier alpha value is -0.730. The molecule has 1 aliphatic rings. The summed E-state index contributed by atoms with van der Waals surface area (Å²) >= 11 is 6.01. The van der Waals surface area contributed by atoms with Gasteiger partial charge in [0.15, 0.2) is 0 Å². The van der Waals surface area contributed by atoms with Gasteiger partial charge >= 0.3 is 0 Å². The van der Waals surface area contributed by atoms with E-state index < -0.39 is 0 Å². The SMILES string of the molecule is CCCNC1CCC(Oc2ccc(Cl)c(C)c2)C1. The molecule has 0 amide bonds. The van der Waals surface area contributed by atoms with Crippen molar-refractivity contribution in [2.24, 2.45) is 0 Å². The number of halogens is 1. The smallest absolute Gasteiger partial charge is 0.120 e. The van der Waals surface area contributed by atoms with E-state index >= 15 is 0 Å². The summed E-state index contributed by atoms with van der Waals surface area (Å²) in [4.78, 5) is 0. The van der Waals surface area contributed by atoms with Gasteiger partial charge in [0.1, 0.15) is 11.9 Å². The van der Waals surface area contributed by atoms with E-state index in [0.29, 0.717) is 12.1 Å². The number of hydrogen-bond acceptors (Lipinski definition) is 2. The maximum absolute atomic E-state index is 6.02. The molecule has 1 aromatic rings. The van der Waals surface area contributed by atoms with Crippen LogP contribution in [0.2, 0.25) is 5.02 Å². The van der Waals surface area contributed by atoms with Crippen molar-refractivity contribution >= 4 is 11.6 Å². The van der Waals surface area contributed by atoms with Crippen LogP contribution in [0.4, 0.5) is 0 Å². The highest BCUT2D eigenvalue weighted by Crippen LogP contribution is 2.27. The first-order chi connectivity index (χ1) is 8.69. The van der Waals surface area contributed by atoms with Crippen LogP contribution in [0, 0.1) is 6.92 Å². The third-order valence-corrected chi connectivity index (χ3v) is 3.92. The van der Waals surface area contributed by atoms with E-state index in [1.54, 1.807) is 0 Å². The average Bonchev–Trinajstić information content (AvgIpc) is 2.79. The second-order valence-corrected chi connectivity index (χ2v) is 5.52. The number of rotatable bonds is 5. The molecule has 2 atom stereocenters. The molecule has 18 heavy (non-hydrogen) atoms. The zero-order chi connectivity index (χ0) is 13.0. The minimum absolute atomic E-state index is 0.347. The molecule has 1 fully saturated rings. The molecule has 0 aromatic heterocycles. The van der Waals surface area contributed by atoms with E-state index in [2.05, 4.69) is 12.2 Å². The van der Waals surface area contributed by atoms with E-state index in [-0.39, 0.29) is 0 Å². The van der Waals surface area contributed by atoms with E-state index in [9.17, 15) is 0 Å². The van der Waals surface area contributed by atoms with Gasteiger partial charge in [0.25, 0.3) is 0 Å². The number of hydrogen-bond donors (Lipinski definition) is 1. The molecule has 2 rings (SSSR count). The molecule has 0 spiro atoms. The molecular weight excluding hydrogens is 246 g/mol. The van der Waals surface area contributed by atoms with Crippen LogP contribution in [0.1, 0.15) is 38.2 Å². The number of ether oxygens (including phenoxy) is 1. The van der Waals surface area contributed by atoms with Crippen molar-refractivity contribution in [3.63, 3.8) is 0 Å². The highest BCUT2D eigenvalue weighted by atomic mass is 35.5. The van der Waals surface area contributed by atoms with Crippen LogP contribution in [0.3, 0.4) is 0 Å². The Balaban J connectivity index is 1.85. The van der Waals surface area contributed by atoms with Crippen molar-refractivity contribution < 1.29 is 4.74 Å². The summed E-state index contributed by atoms with van der Waals surface area (Å²) in [7, 11) is 0. The lowest BCUT2D eigenvalue weighted by Gasteiger charge is -2.15. The molecule has 2 nitrogen and oxygen atoms in total. The van der Waals surface area contributed by atoms with E-state index in [0.717, 1.165) is 35.7 Å². The summed E-state index contributed by atoms with van der Waals surface area (Å²) in [6.45, 7) is 5.32. The van der Waals surface area contributed by atoms with Crippen LogP contribution >= 0.6 is 11.6 Å². The molecule has 0 aliphatic heterocycles. The van der Waals surface area contributed by atoms with Gasteiger partial charge in [0.05, 0.1) is 0 Å². The molecule has 3 heteroatoms. The minimum Gasteiger partial charge on any atom is -0.490 e. The zero-order valence-corrected chi connectivity index (χ0v) is 12.0. The molecule has 2 unspecified atom stereocenters. The lowest BCUT2D eigenvalue weighted by molar-refractivity contribution is 0.206. The Morgan fingerprint density at radius 2 is 2.22 bits per heavy atom. The maximum Gasteiger partial charge on any atom is 0.120 e. The van der Waals surface area contributed by atoms with Crippen molar-refractivity contribution in [3.8, 4) is 5.75 Å². The number of benzene rings is 1. The molecule has 1 N–H and O–H groups in total. The lowest BCUT2D eigenvalue weighted by Crippen LogP contribution is -2.28. The van der Waals surface area contributed by atoms with Gasteiger partial charge in [0, 0.05) is 11.1 Å². The third kappa shape index (κ3) is 3.63. The monoisotopic (exact) mass is 267 g/mol. The van der Waals surface area contributed by atoms with Gasteiger partial charge in [-0.2, -0.15) is 0 Å². The Morgan fingerprint density at radius 1 is 1.39 bits per heavy atom. The van der Waals surface area contributed by atoms with Crippen molar-refractivity contribution in [3.05, 3.63) is 28.8 Å². The first kappa shape index (κ1) is 13.7. The van der Waals surface area contributed by atoms with Gasteiger partial charge in [-0.15, -0.1) is 0 Å². The van der Waals surface area contributed by atoms with Crippen LogP contribution in [0.5, 0.6) is 5.75 Å². The minimum atomic E-state index is 0.347. The van der Waals surface area contributed by atoms with Crippen LogP contribution < -0.4 is 10.1 Å². The second-order valence-electron chi connectivity index (χ2n) is 5.11. The van der Waals surface area contributed by atoms with Gasteiger partial charge in [0.2, 0.25) is 0 Å². The number of aryl methyl sites for hydroxylation is 1. The Bertz CT molecular complexity index is 394. The standard InChI is InChI=1S/C15H22ClNO/c1-3-8-17-12-4-5-14(10-12)18-13-6-7-15(16)11(2)9-13/h6-7,9,12,14,17H,3-5,8,10H2,1-2H3. The summed E-state index contributed by atoms with van der Waals surface area (Å²) in [5.41, 5.74) is 1.08. The topological polar surface area (TPSA) is 21.3 Å². The van der Waals surface area contributed by atoms with Crippen LogP contribution in [-0.4, -0.2) is 18.7 Å². The zero-order valence-electron chi connectivity index (χ0n) is 11.2. The lowest BCUT2D eigenvalue weighted by atomic mass is 10.2. The Morgan fingerprint density at radius 3 is 2.94 bits per heavy atom. The Kier molecular flexibility index (Phi) is 4.90. The quantitative estimate of drug-likeness (QED) is 0.872. The van der Waals surface area contributed by atoms with Gasteiger partial charge in [-0.25, -0.2) is 0 Å². The Labute approximate surface area is 115 Å². The first-order valence-electron chi connectivity index (χ1n) is 6.85. The molecule has 0 heterocycles. The van der Waals surface area contributed by atoms with Crippen molar-refractivity contribution in [1.82, 2.24) is 5.32 Å². The van der Waals surface area contributed by atoms with Crippen LogP contribution in [0.25, 0.3) is 0 Å². The van der Waals surface area contributed by atoms with E-state index in [4.69, 9.17) is 16.3 Å². The van der Waals surface area contributed by atoms with Crippen LogP contribution in [0.15, 0.2) is 18.2 Å². The highest BCUT2D eigenvalue weighted by molar-refractivity contribution is 6.31. The van der Waals surface area contributed by atoms with Gasteiger partial charge in [-0.05, 0) is 62.9 Å². The fourth-order valence-electron chi connectivity index (χ4n) is 2.46. The van der Waals surface area contributed by atoms with Crippen LogP contribution in [-0.2, 0) is 0 Å². The summed E-state index contributed by atoms with van der Waals surface area (Å²) < 4.78 is 6.02. The van der Waals surface area contributed by atoms with Crippen molar-refractivity contribution in [1.29, 1.82) is 0 Å². The predicted molar refractivity (Wildman–Crippen MR) is 76.5 cm³/mol. The molecule has 0 radical (unpaired) electrons.